The maximum Gasteiger partial charge on any atom is 0.167 e. The van der Waals surface area contributed by atoms with Crippen molar-refractivity contribution in [2.45, 2.75) is 59.0 Å². The van der Waals surface area contributed by atoms with E-state index >= 15 is 0 Å². The van der Waals surface area contributed by atoms with Crippen LogP contribution in [0, 0.1) is 5.41 Å². The third-order valence-electron chi connectivity index (χ3n) is 6.20. The molecule has 0 unspecified atom stereocenters. The minimum atomic E-state index is -0.0448. The lowest BCUT2D eigenvalue weighted by molar-refractivity contribution is 0.0906. The summed E-state index contributed by atoms with van der Waals surface area (Å²) in [6.07, 6.45) is 5.80. The van der Waals surface area contributed by atoms with E-state index in [2.05, 4.69) is 44.2 Å². The summed E-state index contributed by atoms with van der Waals surface area (Å²) in [6.45, 7) is 5.41. The van der Waals surface area contributed by atoms with Crippen molar-refractivity contribution in [1.29, 1.82) is 0 Å². The summed E-state index contributed by atoms with van der Waals surface area (Å²) in [7, 11) is 0. The van der Waals surface area contributed by atoms with Gasteiger partial charge in [0.15, 0.2) is 5.78 Å². The van der Waals surface area contributed by atoms with Crippen LogP contribution in [0.5, 0.6) is 11.5 Å². The Kier molecular flexibility index (Phi) is 7.49. The first-order valence-corrected chi connectivity index (χ1v) is 12.0. The van der Waals surface area contributed by atoms with Gasteiger partial charge in [-0.2, -0.15) is 0 Å². The standard InChI is InChI=1S/C30H34O3/c1-30(2)20-25-18-26(32-17-11-5-10-14-23-12-6-3-7-13-23)19-28(29(25)27(31)21-30)33-22-24-15-8-4-9-16-24/h3-4,6-9,12-13,15-16,18-19H,5,10-11,14,17,20-22H2,1-2H3. The van der Waals surface area contributed by atoms with E-state index in [4.69, 9.17) is 9.47 Å². The van der Waals surface area contributed by atoms with E-state index < -0.39 is 0 Å². The Morgan fingerprint density at radius 2 is 1.48 bits per heavy atom. The molecule has 0 N–H and O–H groups in total. The molecular formula is C30H34O3. The molecule has 0 fully saturated rings. The van der Waals surface area contributed by atoms with Crippen LogP contribution in [0.1, 0.15) is 66.6 Å². The van der Waals surface area contributed by atoms with Gasteiger partial charge in [-0.25, -0.2) is 0 Å². The first-order valence-electron chi connectivity index (χ1n) is 12.0. The SMILES string of the molecule is CC1(C)CC(=O)c2c(cc(OCCCCCc3ccccc3)cc2OCc2ccccc2)C1. The lowest BCUT2D eigenvalue weighted by Crippen LogP contribution is -2.27. The molecule has 4 rings (SSSR count). The van der Waals surface area contributed by atoms with Crippen molar-refractivity contribution in [2.24, 2.45) is 5.41 Å². The molecule has 0 aliphatic heterocycles. The first-order chi connectivity index (χ1) is 16.0. The highest BCUT2D eigenvalue weighted by Gasteiger charge is 2.33. The van der Waals surface area contributed by atoms with E-state index in [1.54, 1.807) is 0 Å². The third-order valence-corrected chi connectivity index (χ3v) is 6.20. The predicted molar refractivity (Wildman–Crippen MR) is 133 cm³/mol. The highest BCUT2D eigenvalue weighted by atomic mass is 16.5. The Morgan fingerprint density at radius 3 is 2.21 bits per heavy atom. The van der Waals surface area contributed by atoms with Crippen molar-refractivity contribution in [3.05, 3.63) is 95.1 Å². The van der Waals surface area contributed by atoms with Crippen LogP contribution in [0.2, 0.25) is 0 Å². The Bertz CT molecular complexity index is 1050. The molecule has 3 aromatic carbocycles. The highest BCUT2D eigenvalue weighted by Crippen LogP contribution is 2.41. The summed E-state index contributed by atoms with van der Waals surface area (Å²) in [5.41, 5.74) is 4.21. The second-order valence-electron chi connectivity index (χ2n) is 9.82. The third kappa shape index (κ3) is 6.47. The molecule has 33 heavy (non-hydrogen) atoms. The maximum absolute atomic E-state index is 13.0. The van der Waals surface area contributed by atoms with Gasteiger partial charge in [-0.3, -0.25) is 4.79 Å². The van der Waals surface area contributed by atoms with E-state index in [0.717, 1.165) is 54.5 Å². The summed E-state index contributed by atoms with van der Waals surface area (Å²) in [4.78, 5) is 13.0. The Balaban J connectivity index is 1.40. The van der Waals surface area contributed by atoms with E-state index in [9.17, 15) is 4.79 Å². The van der Waals surface area contributed by atoms with Crippen molar-refractivity contribution in [1.82, 2.24) is 0 Å². The molecule has 0 atom stereocenters. The second-order valence-corrected chi connectivity index (χ2v) is 9.82. The lowest BCUT2D eigenvalue weighted by Gasteiger charge is -2.31. The molecule has 0 heterocycles. The topological polar surface area (TPSA) is 35.5 Å². The lowest BCUT2D eigenvalue weighted by atomic mass is 9.73. The van der Waals surface area contributed by atoms with Gasteiger partial charge in [0, 0.05) is 12.5 Å². The van der Waals surface area contributed by atoms with E-state index in [0.29, 0.717) is 25.4 Å². The van der Waals surface area contributed by atoms with Crippen LogP contribution in [0.25, 0.3) is 0 Å². The zero-order valence-electron chi connectivity index (χ0n) is 19.8. The molecule has 0 amide bonds. The van der Waals surface area contributed by atoms with Crippen molar-refractivity contribution in [2.75, 3.05) is 6.61 Å². The van der Waals surface area contributed by atoms with Gasteiger partial charge in [-0.15, -0.1) is 0 Å². The number of fused-ring (bicyclic) bond motifs is 1. The number of ketones is 1. The highest BCUT2D eigenvalue weighted by molar-refractivity contribution is 6.01. The Labute approximate surface area is 197 Å². The molecule has 0 spiro atoms. The van der Waals surface area contributed by atoms with Gasteiger partial charge in [0.25, 0.3) is 0 Å². The molecule has 3 aromatic rings. The number of rotatable bonds is 10. The number of ether oxygens (including phenoxy) is 2. The van der Waals surface area contributed by atoms with Crippen molar-refractivity contribution in [3.63, 3.8) is 0 Å². The monoisotopic (exact) mass is 442 g/mol. The Morgan fingerprint density at radius 1 is 0.788 bits per heavy atom. The van der Waals surface area contributed by atoms with Crippen LogP contribution in [0.3, 0.4) is 0 Å². The van der Waals surface area contributed by atoms with Crippen LogP contribution in [0.4, 0.5) is 0 Å². The average molecular weight is 443 g/mol. The van der Waals surface area contributed by atoms with Gasteiger partial charge >= 0.3 is 0 Å². The van der Waals surface area contributed by atoms with Gasteiger partial charge in [-0.1, -0.05) is 74.5 Å². The van der Waals surface area contributed by atoms with Crippen LogP contribution in [0.15, 0.2) is 72.8 Å². The number of Topliss-reactive ketones (excluding diaryl/α,β-unsaturated/α-hetero) is 1. The fraction of sp³-hybridized carbons (Fsp3) is 0.367. The molecule has 0 bridgehead atoms. The number of benzene rings is 3. The summed E-state index contributed by atoms with van der Waals surface area (Å²) < 4.78 is 12.3. The van der Waals surface area contributed by atoms with Crippen LogP contribution in [-0.2, 0) is 19.4 Å². The fourth-order valence-corrected chi connectivity index (χ4v) is 4.58. The number of hydrogen-bond acceptors (Lipinski definition) is 3. The predicted octanol–water partition coefficient (Wildman–Crippen LogP) is 7.21. The zero-order valence-corrected chi connectivity index (χ0v) is 19.8. The van der Waals surface area contributed by atoms with E-state index in [1.165, 1.54) is 5.56 Å². The Hall–Kier alpha value is -3.07. The molecule has 3 heteroatoms. The minimum Gasteiger partial charge on any atom is -0.493 e. The van der Waals surface area contributed by atoms with Crippen molar-refractivity contribution >= 4 is 5.78 Å². The zero-order chi connectivity index (χ0) is 23.1. The second kappa shape index (κ2) is 10.7. The van der Waals surface area contributed by atoms with Crippen molar-refractivity contribution in [3.8, 4) is 11.5 Å². The molecule has 3 nitrogen and oxygen atoms in total. The van der Waals surface area contributed by atoms with Gasteiger partial charge < -0.3 is 9.47 Å². The largest absolute Gasteiger partial charge is 0.493 e. The van der Waals surface area contributed by atoms with Crippen LogP contribution in [-0.4, -0.2) is 12.4 Å². The number of unbranched alkanes of at least 4 members (excludes halogenated alkanes) is 2. The molecular weight excluding hydrogens is 408 g/mol. The number of carbonyl (C=O) groups excluding carboxylic acids is 1. The summed E-state index contributed by atoms with van der Waals surface area (Å²) in [5, 5.41) is 0. The average Bonchev–Trinajstić information content (AvgIpc) is 2.80. The van der Waals surface area contributed by atoms with Crippen molar-refractivity contribution < 1.29 is 14.3 Å². The maximum atomic E-state index is 13.0. The van der Waals surface area contributed by atoms with Gasteiger partial charge in [-0.05, 0) is 60.3 Å². The summed E-state index contributed by atoms with van der Waals surface area (Å²) >= 11 is 0. The molecule has 0 saturated heterocycles. The minimum absolute atomic E-state index is 0.0448. The quantitative estimate of drug-likeness (QED) is 0.311. The number of aryl methyl sites for hydroxylation is 1. The smallest absolute Gasteiger partial charge is 0.167 e. The molecule has 0 saturated carbocycles. The van der Waals surface area contributed by atoms with Crippen LogP contribution >= 0.6 is 0 Å². The molecule has 1 aliphatic rings. The summed E-state index contributed by atoms with van der Waals surface area (Å²) in [5.74, 6) is 1.61. The molecule has 0 radical (unpaired) electrons. The molecule has 1 aliphatic carbocycles. The van der Waals surface area contributed by atoms with Crippen LogP contribution < -0.4 is 9.47 Å². The van der Waals surface area contributed by atoms with Gasteiger partial charge in [0.1, 0.15) is 18.1 Å². The van der Waals surface area contributed by atoms with Gasteiger partial charge in [0.2, 0.25) is 0 Å². The van der Waals surface area contributed by atoms with E-state index in [-0.39, 0.29) is 11.2 Å². The first kappa shape index (κ1) is 23.1. The number of carbonyl (C=O) groups is 1. The fourth-order valence-electron chi connectivity index (χ4n) is 4.58. The van der Waals surface area contributed by atoms with E-state index in [1.807, 2.05) is 42.5 Å². The normalized spacial score (nSPS) is 14.5. The van der Waals surface area contributed by atoms with Gasteiger partial charge in [0.05, 0.1) is 12.2 Å². The number of hydrogen-bond donors (Lipinski definition) is 0. The molecule has 0 aromatic heterocycles. The summed E-state index contributed by atoms with van der Waals surface area (Å²) in [6, 6.07) is 24.6. The molecule has 172 valence electrons.